The number of aryl methyl sites for hydroxylation is 1. The van der Waals surface area contributed by atoms with Crippen molar-refractivity contribution >= 4 is 37.8 Å². The maximum absolute atomic E-state index is 12.8. The Balaban J connectivity index is 1.47. The number of nitrogens with zero attached hydrogens (tertiary/aromatic N) is 3. The minimum Gasteiger partial charge on any atom is -0.359 e. The number of sulfonamides is 1. The molecule has 0 bridgehead atoms. The lowest BCUT2D eigenvalue weighted by Crippen LogP contribution is -2.47. The maximum Gasteiger partial charge on any atom is 0.309 e. The topological polar surface area (TPSA) is 123 Å². The highest BCUT2D eigenvalue weighted by Crippen LogP contribution is 2.23. The Labute approximate surface area is 182 Å². The van der Waals surface area contributed by atoms with Crippen LogP contribution >= 0.6 is 15.9 Å². The van der Waals surface area contributed by atoms with Crippen LogP contribution in [0.3, 0.4) is 0 Å². The Morgan fingerprint density at radius 3 is 2.63 bits per heavy atom. The highest BCUT2D eigenvalue weighted by atomic mass is 79.9. The second-order valence-electron chi connectivity index (χ2n) is 6.52. The molecular formula is C18H22BrN5O5S. The minimum absolute atomic E-state index is 0.128. The summed E-state index contributed by atoms with van der Waals surface area (Å²) in [6, 6.07) is 6.25. The molecule has 0 unspecified atom stereocenters. The van der Waals surface area contributed by atoms with Gasteiger partial charge in [-0.1, -0.05) is 15.9 Å². The minimum atomic E-state index is -3.78. The van der Waals surface area contributed by atoms with Gasteiger partial charge in [0.2, 0.25) is 10.0 Å². The summed E-state index contributed by atoms with van der Waals surface area (Å²) in [5, 5.41) is 4.97. The molecule has 162 valence electrons. The van der Waals surface area contributed by atoms with E-state index in [0.29, 0.717) is 19.5 Å². The number of rotatable bonds is 8. The highest BCUT2D eigenvalue weighted by molar-refractivity contribution is 9.10. The first-order valence-corrected chi connectivity index (χ1v) is 11.5. The Morgan fingerprint density at radius 1 is 1.20 bits per heavy atom. The first-order chi connectivity index (χ1) is 14.4. The molecule has 12 heteroatoms. The van der Waals surface area contributed by atoms with Gasteiger partial charge in [0.1, 0.15) is 6.23 Å². The van der Waals surface area contributed by atoms with Crippen molar-refractivity contribution in [2.24, 2.45) is 0 Å². The van der Waals surface area contributed by atoms with E-state index >= 15 is 0 Å². The molecule has 0 saturated carbocycles. The molecule has 0 spiro atoms. The summed E-state index contributed by atoms with van der Waals surface area (Å²) in [4.78, 5) is 28.0. The molecule has 10 nitrogen and oxygen atoms in total. The number of nitrogens with one attached hydrogen (secondary N) is 2. The van der Waals surface area contributed by atoms with Gasteiger partial charge in [-0.2, -0.15) is 4.31 Å². The summed E-state index contributed by atoms with van der Waals surface area (Å²) in [5.41, 5.74) is 0. The zero-order valence-corrected chi connectivity index (χ0v) is 18.4. The lowest BCUT2D eigenvalue weighted by atomic mass is 10.4. The van der Waals surface area contributed by atoms with Crippen LogP contribution < -0.4 is 10.6 Å². The smallest absolute Gasteiger partial charge is 0.309 e. The first-order valence-electron chi connectivity index (χ1n) is 9.29. The van der Waals surface area contributed by atoms with Crippen LogP contribution in [-0.2, 0) is 30.9 Å². The molecule has 2 N–H and O–H groups in total. The Morgan fingerprint density at radius 2 is 1.93 bits per heavy atom. The van der Waals surface area contributed by atoms with E-state index in [0.717, 1.165) is 4.47 Å². The van der Waals surface area contributed by atoms with Crippen molar-refractivity contribution in [3.63, 3.8) is 0 Å². The number of halogens is 1. The van der Waals surface area contributed by atoms with E-state index < -0.39 is 28.1 Å². The van der Waals surface area contributed by atoms with Crippen molar-refractivity contribution in [3.8, 4) is 0 Å². The summed E-state index contributed by atoms with van der Waals surface area (Å²) in [6.07, 6.45) is 4.91. The van der Waals surface area contributed by atoms with Crippen molar-refractivity contribution in [2.75, 3.05) is 26.2 Å². The summed E-state index contributed by atoms with van der Waals surface area (Å²) >= 11 is 3.27. The summed E-state index contributed by atoms with van der Waals surface area (Å²) < 4.78 is 34.9. The molecule has 2 aromatic rings. The third-order valence-electron chi connectivity index (χ3n) is 4.44. The van der Waals surface area contributed by atoms with Gasteiger partial charge in [-0.05, 0) is 30.7 Å². The van der Waals surface area contributed by atoms with Gasteiger partial charge in [0.25, 0.3) is 0 Å². The lowest BCUT2D eigenvalue weighted by Gasteiger charge is -2.22. The van der Waals surface area contributed by atoms with Gasteiger partial charge in [0.15, 0.2) is 0 Å². The van der Waals surface area contributed by atoms with Crippen molar-refractivity contribution < 1.29 is 22.7 Å². The molecule has 0 aliphatic carbocycles. The van der Waals surface area contributed by atoms with Gasteiger partial charge in [-0.15, -0.1) is 0 Å². The zero-order valence-electron chi connectivity index (χ0n) is 16.0. The van der Waals surface area contributed by atoms with E-state index in [2.05, 4.69) is 31.5 Å². The average Bonchev–Trinajstić information content (AvgIpc) is 3.41. The maximum atomic E-state index is 12.8. The fraction of sp³-hybridized carbons (Fsp3) is 0.389. The van der Waals surface area contributed by atoms with E-state index in [9.17, 15) is 18.0 Å². The monoisotopic (exact) mass is 499 g/mol. The summed E-state index contributed by atoms with van der Waals surface area (Å²) in [5.74, 6) is -1.62. The van der Waals surface area contributed by atoms with Crippen LogP contribution in [0.15, 0.2) is 52.4 Å². The number of aromatic nitrogens is 2. The predicted molar refractivity (Wildman–Crippen MR) is 111 cm³/mol. The Kier molecular flexibility index (Phi) is 7.58. The van der Waals surface area contributed by atoms with E-state index in [1.807, 2.05) is 10.8 Å². The molecule has 1 aliphatic heterocycles. The number of carbonyl (C=O) groups is 2. The quantitative estimate of drug-likeness (QED) is 0.398. The van der Waals surface area contributed by atoms with E-state index in [1.54, 1.807) is 24.7 Å². The van der Waals surface area contributed by atoms with Crippen LogP contribution in [-0.4, -0.2) is 66.6 Å². The van der Waals surface area contributed by atoms with E-state index in [-0.39, 0.29) is 24.6 Å². The number of ether oxygens (including phenoxy) is 1. The van der Waals surface area contributed by atoms with Crippen molar-refractivity contribution in [3.05, 3.63) is 47.5 Å². The van der Waals surface area contributed by atoms with Gasteiger partial charge >= 0.3 is 11.8 Å². The van der Waals surface area contributed by atoms with Crippen molar-refractivity contribution in [2.45, 2.75) is 24.1 Å². The van der Waals surface area contributed by atoms with Crippen LogP contribution in [0.2, 0.25) is 0 Å². The second-order valence-corrected chi connectivity index (χ2v) is 9.32. The molecule has 30 heavy (non-hydrogen) atoms. The van der Waals surface area contributed by atoms with E-state index in [1.165, 1.54) is 16.4 Å². The molecule has 2 amide bonds. The molecule has 2 heterocycles. The number of amides is 2. The van der Waals surface area contributed by atoms with E-state index in [4.69, 9.17) is 4.74 Å². The number of hydrogen-bond acceptors (Lipinski definition) is 6. The van der Waals surface area contributed by atoms with Crippen LogP contribution in [0, 0.1) is 0 Å². The Hall–Kier alpha value is -2.28. The predicted octanol–water partition coefficient (Wildman–Crippen LogP) is 0.315. The van der Waals surface area contributed by atoms with Gasteiger partial charge in [0.05, 0.1) is 24.4 Å². The second kappa shape index (κ2) is 10.2. The van der Waals surface area contributed by atoms with Crippen molar-refractivity contribution in [1.82, 2.24) is 24.5 Å². The normalized spacial score (nSPS) is 17.0. The number of imidazole rings is 1. The molecule has 1 fully saturated rings. The molecule has 1 aliphatic rings. The third kappa shape index (κ3) is 5.65. The molecule has 1 atom stereocenters. The summed E-state index contributed by atoms with van der Waals surface area (Å²) in [7, 11) is -3.78. The zero-order chi connectivity index (χ0) is 21.6. The SMILES string of the molecule is O=C(NCCCn1ccnc1)C(=O)NC[C@@H]1OCCN1S(=O)(=O)c1ccc(Br)cc1. The van der Waals surface area contributed by atoms with Gasteiger partial charge < -0.3 is 19.9 Å². The number of benzene rings is 1. The molecular weight excluding hydrogens is 478 g/mol. The first kappa shape index (κ1) is 22.4. The third-order valence-corrected chi connectivity index (χ3v) is 6.88. The van der Waals surface area contributed by atoms with Crippen molar-refractivity contribution in [1.29, 1.82) is 0 Å². The van der Waals surface area contributed by atoms with Gasteiger partial charge in [-0.25, -0.2) is 13.4 Å². The highest BCUT2D eigenvalue weighted by Gasteiger charge is 2.36. The van der Waals surface area contributed by atoms with Gasteiger partial charge in [-0.3, -0.25) is 9.59 Å². The summed E-state index contributed by atoms with van der Waals surface area (Å²) in [6.45, 7) is 1.24. The van der Waals surface area contributed by atoms with Gasteiger partial charge in [0, 0.05) is 36.5 Å². The molecule has 1 aromatic carbocycles. The molecule has 0 radical (unpaired) electrons. The van der Waals surface area contributed by atoms with Crippen LogP contribution in [0.5, 0.6) is 0 Å². The van der Waals surface area contributed by atoms with Crippen LogP contribution in [0.1, 0.15) is 6.42 Å². The standard InChI is InChI=1S/C18H22BrN5O5S/c19-14-2-4-15(5-3-14)30(27,28)24-10-11-29-16(24)12-22-18(26)17(25)21-6-1-8-23-9-7-20-13-23/h2-5,7,9,13,16H,1,6,8,10-12H2,(H,21,25)(H,22,26)/t16-/m0/s1. The molecule has 1 saturated heterocycles. The number of hydrogen-bond donors (Lipinski definition) is 2. The largest absolute Gasteiger partial charge is 0.359 e. The lowest BCUT2D eigenvalue weighted by molar-refractivity contribution is -0.139. The Bertz CT molecular complexity index is 965. The van der Waals surface area contributed by atoms with Crippen LogP contribution in [0.4, 0.5) is 0 Å². The fourth-order valence-corrected chi connectivity index (χ4v) is 4.68. The van der Waals surface area contributed by atoms with Crippen LogP contribution in [0.25, 0.3) is 0 Å². The average molecular weight is 500 g/mol. The number of carbonyl (C=O) groups excluding carboxylic acids is 2. The fourth-order valence-electron chi connectivity index (χ4n) is 2.91. The molecule has 1 aromatic heterocycles. The molecule has 3 rings (SSSR count).